The third kappa shape index (κ3) is 3.25. The zero-order chi connectivity index (χ0) is 13.8. The minimum Gasteiger partial charge on any atom is -0.451 e. The summed E-state index contributed by atoms with van der Waals surface area (Å²) in [5.74, 6) is -1.09. The molecule has 1 aromatic rings. The van der Waals surface area contributed by atoms with Crippen LogP contribution in [0, 0.1) is 11.3 Å². The topological polar surface area (TPSA) is 110 Å². The van der Waals surface area contributed by atoms with E-state index in [9.17, 15) is 9.59 Å². The van der Waals surface area contributed by atoms with Crippen molar-refractivity contribution in [1.82, 2.24) is 9.88 Å². The van der Waals surface area contributed by atoms with E-state index >= 15 is 0 Å². The Morgan fingerprint density at radius 2 is 2.32 bits per heavy atom. The van der Waals surface area contributed by atoms with Crippen molar-refractivity contribution in [2.45, 2.75) is 18.9 Å². The Kier molecular flexibility index (Phi) is 3.71. The lowest BCUT2D eigenvalue weighted by molar-refractivity contribution is -0.124. The van der Waals surface area contributed by atoms with Gasteiger partial charge in [-0.3, -0.25) is 4.79 Å². The Morgan fingerprint density at radius 1 is 1.58 bits per heavy atom. The lowest BCUT2D eigenvalue weighted by Crippen LogP contribution is -2.29. The van der Waals surface area contributed by atoms with E-state index in [0.29, 0.717) is 17.4 Å². The number of anilines is 1. The summed E-state index contributed by atoms with van der Waals surface area (Å²) in [5.41, 5.74) is 6.51. The van der Waals surface area contributed by atoms with Gasteiger partial charge in [0.15, 0.2) is 6.61 Å². The van der Waals surface area contributed by atoms with E-state index in [0.717, 1.165) is 12.8 Å². The summed E-state index contributed by atoms with van der Waals surface area (Å²) in [5, 5.41) is 10.6. The highest BCUT2D eigenvalue weighted by Gasteiger charge is 2.28. The van der Waals surface area contributed by atoms with Gasteiger partial charge in [0.1, 0.15) is 12.2 Å². The molecule has 7 heteroatoms. The molecule has 3 N–H and O–H groups in total. The van der Waals surface area contributed by atoms with Crippen LogP contribution in [0.1, 0.15) is 29.4 Å². The molecule has 1 amide bonds. The molecule has 1 fully saturated rings. The van der Waals surface area contributed by atoms with Gasteiger partial charge >= 0.3 is 5.97 Å². The first-order chi connectivity index (χ1) is 9.11. The van der Waals surface area contributed by atoms with Crippen LogP contribution in [0.3, 0.4) is 0 Å². The van der Waals surface area contributed by atoms with E-state index < -0.39 is 18.5 Å². The fraction of sp³-hybridized carbons (Fsp3) is 0.417. The molecule has 19 heavy (non-hydrogen) atoms. The number of hydrogen-bond acceptors (Lipinski definition) is 5. The first kappa shape index (κ1) is 13.0. The quantitative estimate of drug-likeness (QED) is 0.582. The molecule has 1 aromatic heterocycles. The molecule has 1 saturated carbocycles. The zero-order valence-electron chi connectivity index (χ0n) is 10.3. The van der Waals surface area contributed by atoms with Crippen LogP contribution < -0.4 is 11.1 Å². The van der Waals surface area contributed by atoms with E-state index in [-0.39, 0.29) is 6.54 Å². The number of ether oxygens (including phenoxy) is 1. The number of aromatic nitrogens is 1. The van der Waals surface area contributed by atoms with E-state index in [1.165, 1.54) is 6.07 Å². The van der Waals surface area contributed by atoms with Gasteiger partial charge in [-0.2, -0.15) is 5.26 Å². The van der Waals surface area contributed by atoms with Crippen LogP contribution >= 0.6 is 0 Å². The summed E-state index contributed by atoms with van der Waals surface area (Å²) in [6.45, 7) is -0.516. The highest BCUT2D eigenvalue weighted by molar-refractivity contribution is 5.91. The van der Waals surface area contributed by atoms with Gasteiger partial charge in [-0.15, -0.1) is 0 Å². The number of hydrogen-bond donors (Lipinski definition) is 2. The number of nitrogens with one attached hydrogen (secondary N) is 1. The molecule has 0 spiro atoms. The third-order valence-electron chi connectivity index (χ3n) is 2.72. The van der Waals surface area contributed by atoms with Gasteiger partial charge in [-0.1, -0.05) is 0 Å². The first-order valence-corrected chi connectivity index (χ1v) is 5.90. The third-order valence-corrected chi connectivity index (χ3v) is 2.72. The summed E-state index contributed by atoms with van der Waals surface area (Å²) in [7, 11) is 0. The van der Waals surface area contributed by atoms with E-state index in [4.69, 9.17) is 15.7 Å². The first-order valence-electron chi connectivity index (χ1n) is 5.90. The molecule has 2 rings (SSSR count). The van der Waals surface area contributed by atoms with Crippen LogP contribution in [-0.4, -0.2) is 29.6 Å². The van der Waals surface area contributed by atoms with Gasteiger partial charge in [0, 0.05) is 12.2 Å². The van der Waals surface area contributed by atoms with Crippen molar-refractivity contribution in [3.63, 3.8) is 0 Å². The maximum Gasteiger partial charge on any atom is 0.355 e. The number of nitrogen functional groups attached to an aromatic ring is 1. The molecule has 0 unspecified atom stereocenters. The number of esters is 1. The number of rotatable bonds is 5. The average Bonchev–Trinajstić information content (AvgIpc) is 3.16. The number of nitrogens with zero attached hydrogens (tertiary/aromatic N) is 2. The van der Waals surface area contributed by atoms with Gasteiger partial charge in [0.2, 0.25) is 0 Å². The van der Waals surface area contributed by atoms with E-state index in [1.54, 1.807) is 16.8 Å². The van der Waals surface area contributed by atoms with Gasteiger partial charge in [0.25, 0.3) is 5.91 Å². The molecule has 1 aliphatic carbocycles. The maximum atomic E-state index is 11.8. The summed E-state index contributed by atoms with van der Waals surface area (Å²) in [6.07, 6.45) is 3.72. The Morgan fingerprint density at radius 3 is 2.95 bits per heavy atom. The van der Waals surface area contributed by atoms with Crippen LogP contribution in [0.2, 0.25) is 0 Å². The lowest BCUT2D eigenvalue weighted by atomic mass is 10.4. The number of amides is 1. The number of carbonyl (C=O) groups excluding carboxylic acids is 2. The largest absolute Gasteiger partial charge is 0.451 e. The van der Waals surface area contributed by atoms with Crippen LogP contribution in [0.4, 0.5) is 5.69 Å². The predicted molar refractivity (Wildman–Crippen MR) is 66.0 cm³/mol. The Bertz CT molecular complexity index is 540. The fourth-order valence-corrected chi connectivity index (χ4v) is 1.71. The molecule has 0 saturated heterocycles. The molecule has 7 nitrogen and oxygen atoms in total. The van der Waals surface area contributed by atoms with E-state index in [1.807, 2.05) is 0 Å². The lowest BCUT2D eigenvalue weighted by Gasteiger charge is -2.07. The van der Waals surface area contributed by atoms with Crippen molar-refractivity contribution in [2.75, 3.05) is 18.9 Å². The molecule has 0 radical (unpaired) electrons. The summed E-state index contributed by atoms with van der Waals surface area (Å²) >= 11 is 0. The van der Waals surface area contributed by atoms with Crippen molar-refractivity contribution in [2.24, 2.45) is 0 Å². The Hall–Kier alpha value is -2.49. The molecule has 1 heterocycles. The van der Waals surface area contributed by atoms with E-state index in [2.05, 4.69) is 5.32 Å². The van der Waals surface area contributed by atoms with Crippen molar-refractivity contribution in [1.29, 1.82) is 5.26 Å². The Labute approximate surface area is 109 Å². The SMILES string of the molecule is N#CCNC(=O)COC(=O)c1cc(N)cn1C1CC1. The molecular weight excluding hydrogens is 248 g/mol. The minimum atomic E-state index is -0.587. The maximum absolute atomic E-state index is 11.8. The van der Waals surface area contributed by atoms with Crippen LogP contribution in [0.5, 0.6) is 0 Å². The van der Waals surface area contributed by atoms with Gasteiger partial charge in [0.05, 0.1) is 11.8 Å². The molecule has 0 aliphatic heterocycles. The predicted octanol–water partition coefficient (Wildman–Crippen LogP) is 0.202. The summed E-state index contributed by atoms with van der Waals surface area (Å²) in [6, 6.07) is 3.59. The van der Waals surface area contributed by atoms with Crippen LogP contribution in [0.25, 0.3) is 0 Å². The molecular formula is C12H14N4O3. The summed E-state index contributed by atoms with van der Waals surface area (Å²) in [4.78, 5) is 23.0. The molecule has 0 aromatic carbocycles. The molecule has 0 bridgehead atoms. The molecule has 1 aliphatic rings. The van der Waals surface area contributed by atoms with Crippen molar-refractivity contribution < 1.29 is 14.3 Å². The number of nitriles is 1. The second-order valence-electron chi connectivity index (χ2n) is 4.31. The highest BCUT2D eigenvalue weighted by atomic mass is 16.5. The van der Waals surface area contributed by atoms with Crippen LogP contribution in [0.15, 0.2) is 12.3 Å². The monoisotopic (exact) mass is 262 g/mol. The molecule has 100 valence electrons. The van der Waals surface area contributed by atoms with Gasteiger partial charge in [-0.25, -0.2) is 4.79 Å². The fourth-order valence-electron chi connectivity index (χ4n) is 1.71. The normalized spacial score (nSPS) is 13.6. The highest BCUT2D eigenvalue weighted by Crippen LogP contribution is 2.37. The summed E-state index contributed by atoms with van der Waals surface area (Å²) < 4.78 is 6.66. The second-order valence-corrected chi connectivity index (χ2v) is 4.31. The van der Waals surface area contributed by atoms with Gasteiger partial charge in [-0.05, 0) is 18.9 Å². The average molecular weight is 262 g/mol. The Balaban J connectivity index is 1.93. The minimum absolute atomic E-state index is 0.109. The smallest absolute Gasteiger partial charge is 0.355 e. The van der Waals surface area contributed by atoms with Crippen molar-refractivity contribution in [3.8, 4) is 6.07 Å². The van der Waals surface area contributed by atoms with Crippen molar-refractivity contribution in [3.05, 3.63) is 18.0 Å². The zero-order valence-corrected chi connectivity index (χ0v) is 10.3. The standard InChI is InChI=1S/C12H14N4O3/c13-3-4-15-11(17)7-19-12(18)10-5-8(14)6-16(10)9-1-2-9/h5-6,9H,1-2,4,7,14H2,(H,15,17). The molecule has 0 atom stereocenters. The van der Waals surface area contributed by atoms with Crippen LogP contribution in [-0.2, 0) is 9.53 Å². The second kappa shape index (κ2) is 5.44. The number of nitrogens with two attached hydrogens (primary N) is 1. The van der Waals surface area contributed by atoms with Crippen molar-refractivity contribution >= 4 is 17.6 Å². The number of carbonyl (C=O) groups is 2. The van der Waals surface area contributed by atoms with Gasteiger partial charge < -0.3 is 20.4 Å².